The minimum atomic E-state index is -4.27. The molecule has 0 unspecified atom stereocenters. The number of anilines is 1. The predicted molar refractivity (Wildman–Crippen MR) is 171 cm³/mol. The molecule has 3 aromatic carbocycles. The van der Waals surface area contributed by atoms with Gasteiger partial charge >= 0.3 is 0 Å². The number of halogens is 4. The zero-order chi connectivity index (χ0) is 31.2. The third kappa shape index (κ3) is 8.77. The number of rotatable bonds is 12. The number of nitrogens with one attached hydrogen (secondary N) is 1. The summed E-state index contributed by atoms with van der Waals surface area (Å²) in [7, 11) is -4.27. The summed E-state index contributed by atoms with van der Waals surface area (Å²) in [4.78, 5) is 28.8. The molecule has 0 saturated heterocycles. The van der Waals surface area contributed by atoms with Gasteiger partial charge in [0.2, 0.25) is 11.8 Å². The summed E-state index contributed by atoms with van der Waals surface area (Å²) < 4.78 is 28.9. The molecule has 42 heavy (non-hydrogen) atoms. The molecule has 0 bridgehead atoms. The number of aryl methyl sites for hydroxylation is 1. The van der Waals surface area contributed by atoms with Gasteiger partial charge in [0.1, 0.15) is 12.6 Å². The Balaban J connectivity index is 2.10. The van der Waals surface area contributed by atoms with Gasteiger partial charge in [-0.3, -0.25) is 13.9 Å². The van der Waals surface area contributed by atoms with E-state index in [9.17, 15) is 18.0 Å². The van der Waals surface area contributed by atoms with Crippen molar-refractivity contribution in [2.24, 2.45) is 5.92 Å². The molecule has 0 heterocycles. The third-order valence-electron chi connectivity index (χ3n) is 6.45. The van der Waals surface area contributed by atoms with Crippen molar-refractivity contribution in [3.63, 3.8) is 0 Å². The molecule has 0 spiro atoms. The van der Waals surface area contributed by atoms with Gasteiger partial charge in [-0.15, -0.1) is 0 Å². The summed E-state index contributed by atoms with van der Waals surface area (Å²) in [5.41, 5.74) is 1.51. The van der Waals surface area contributed by atoms with E-state index in [1.165, 1.54) is 35.2 Å². The SMILES string of the molecule is CC[C@@H](C(=O)NCC(C)C)N(Cc1ccc(Cl)cc1Cl)C(=O)CN(c1cc(Cl)cc(Cl)c1)S(=O)(=O)c1ccc(C)cc1. The van der Waals surface area contributed by atoms with Crippen molar-refractivity contribution in [2.75, 3.05) is 17.4 Å². The molecule has 1 N–H and O–H groups in total. The normalized spacial score (nSPS) is 12.2. The van der Waals surface area contributed by atoms with Crippen LogP contribution in [0.3, 0.4) is 0 Å². The van der Waals surface area contributed by atoms with E-state index in [4.69, 9.17) is 46.4 Å². The smallest absolute Gasteiger partial charge is 0.264 e. The molecule has 0 aliphatic rings. The van der Waals surface area contributed by atoms with Crippen molar-refractivity contribution in [1.29, 1.82) is 0 Å². The van der Waals surface area contributed by atoms with Crippen LogP contribution in [0.1, 0.15) is 38.3 Å². The molecule has 0 aliphatic carbocycles. The van der Waals surface area contributed by atoms with Crippen molar-refractivity contribution in [3.8, 4) is 0 Å². The number of nitrogens with zero attached hydrogens (tertiary/aromatic N) is 2. The average Bonchev–Trinajstić information content (AvgIpc) is 2.91. The van der Waals surface area contributed by atoms with E-state index in [1.807, 2.05) is 20.8 Å². The molecule has 0 aliphatic heterocycles. The highest BCUT2D eigenvalue weighted by atomic mass is 35.5. The van der Waals surface area contributed by atoms with Gasteiger partial charge in [0.25, 0.3) is 10.0 Å². The van der Waals surface area contributed by atoms with E-state index in [-0.39, 0.29) is 45.4 Å². The maximum atomic E-state index is 14.2. The van der Waals surface area contributed by atoms with Crippen molar-refractivity contribution in [2.45, 2.75) is 51.6 Å². The number of carbonyl (C=O) groups is 2. The van der Waals surface area contributed by atoms with Gasteiger partial charge in [0.15, 0.2) is 0 Å². The van der Waals surface area contributed by atoms with Crippen LogP contribution in [0.4, 0.5) is 5.69 Å². The molecule has 226 valence electrons. The van der Waals surface area contributed by atoms with E-state index in [2.05, 4.69) is 5.32 Å². The Morgan fingerprint density at radius 2 is 1.50 bits per heavy atom. The van der Waals surface area contributed by atoms with Gasteiger partial charge in [-0.25, -0.2) is 8.42 Å². The Labute approximate surface area is 267 Å². The van der Waals surface area contributed by atoms with Crippen LogP contribution in [-0.4, -0.2) is 44.3 Å². The molecular weight excluding hydrogens is 640 g/mol. The standard InChI is InChI=1S/C30H33Cl4N3O4S/c1-5-28(30(39)35-16-19(2)3)36(17-21-8-9-22(31)15-27(21)34)29(38)18-37(25-13-23(32)12-24(33)14-25)42(40,41)26-10-6-20(4)7-11-26/h6-15,19,28H,5,16-18H2,1-4H3,(H,35,39)/t28-/m0/s1. The van der Waals surface area contributed by atoms with Crippen LogP contribution >= 0.6 is 46.4 Å². The molecule has 0 saturated carbocycles. The second-order valence-electron chi connectivity index (χ2n) is 10.3. The Hall–Kier alpha value is -2.49. The molecule has 0 fully saturated rings. The van der Waals surface area contributed by atoms with Gasteiger partial charge in [-0.05, 0) is 67.3 Å². The van der Waals surface area contributed by atoms with E-state index >= 15 is 0 Å². The second kappa shape index (κ2) is 14.8. The first kappa shape index (κ1) is 34.0. The van der Waals surface area contributed by atoms with Gasteiger partial charge in [0, 0.05) is 33.2 Å². The largest absolute Gasteiger partial charge is 0.354 e. The quantitative estimate of drug-likeness (QED) is 0.218. The van der Waals surface area contributed by atoms with Crippen molar-refractivity contribution < 1.29 is 18.0 Å². The van der Waals surface area contributed by atoms with Crippen LogP contribution in [0.2, 0.25) is 20.1 Å². The first-order valence-corrected chi connectivity index (χ1v) is 16.2. The summed E-state index contributed by atoms with van der Waals surface area (Å²) >= 11 is 25.0. The van der Waals surface area contributed by atoms with Crippen molar-refractivity contribution in [3.05, 3.63) is 91.9 Å². The van der Waals surface area contributed by atoms with Gasteiger partial charge in [-0.1, -0.05) is 90.9 Å². The number of carbonyl (C=O) groups excluding carboxylic acids is 2. The van der Waals surface area contributed by atoms with E-state index in [0.29, 0.717) is 22.2 Å². The Morgan fingerprint density at radius 1 is 0.881 bits per heavy atom. The molecule has 0 aromatic heterocycles. The molecule has 2 amide bonds. The molecule has 0 radical (unpaired) electrons. The molecular formula is C30H33Cl4N3O4S. The minimum absolute atomic E-state index is 0.0222. The van der Waals surface area contributed by atoms with Crippen LogP contribution in [0.15, 0.2) is 65.6 Å². The fourth-order valence-electron chi connectivity index (χ4n) is 4.22. The summed E-state index contributed by atoms with van der Waals surface area (Å²) in [5.74, 6) is -0.799. The van der Waals surface area contributed by atoms with Crippen LogP contribution in [0, 0.1) is 12.8 Å². The van der Waals surface area contributed by atoms with Crippen LogP contribution in [0.5, 0.6) is 0 Å². The maximum Gasteiger partial charge on any atom is 0.264 e. The fraction of sp³-hybridized carbons (Fsp3) is 0.333. The van der Waals surface area contributed by atoms with E-state index < -0.39 is 28.5 Å². The Kier molecular flexibility index (Phi) is 12.0. The first-order valence-electron chi connectivity index (χ1n) is 13.3. The highest BCUT2D eigenvalue weighted by molar-refractivity contribution is 7.92. The molecule has 3 rings (SSSR count). The molecule has 1 atom stereocenters. The topological polar surface area (TPSA) is 86.8 Å². The third-order valence-corrected chi connectivity index (χ3v) is 9.26. The Morgan fingerprint density at radius 3 is 2.05 bits per heavy atom. The highest BCUT2D eigenvalue weighted by Crippen LogP contribution is 2.31. The zero-order valence-electron chi connectivity index (χ0n) is 23.7. The van der Waals surface area contributed by atoms with Crippen molar-refractivity contribution >= 4 is 73.9 Å². The van der Waals surface area contributed by atoms with Crippen LogP contribution < -0.4 is 9.62 Å². The fourth-order valence-corrected chi connectivity index (χ4v) is 6.61. The maximum absolute atomic E-state index is 14.2. The molecule has 3 aromatic rings. The molecule has 7 nitrogen and oxygen atoms in total. The summed E-state index contributed by atoms with van der Waals surface area (Å²) in [5, 5.41) is 3.99. The zero-order valence-corrected chi connectivity index (χ0v) is 27.5. The lowest BCUT2D eigenvalue weighted by molar-refractivity contribution is -0.140. The van der Waals surface area contributed by atoms with Gasteiger partial charge in [-0.2, -0.15) is 0 Å². The van der Waals surface area contributed by atoms with E-state index in [1.54, 1.807) is 37.3 Å². The first-order chi connectivity index (χ1) is 19.7. The lowest BCUT2D eigenvalue weighted by Crippen LogP contribution is -2.52. The van der Waals surface area contributed by atoms with Crippen LogP contribution in [-0.2, 0) is 26.2 Å². The average molecular weight is 673 g/mol. The monoisotopic (exact) mass is 671 g/mol. The predicted octanol–water partition coefficient (Wildman–Crippen LogP) is 7.38. The van der Waals surface area contributed by atoms with Crippen molar-refractivity contribution in [1.82, 2.24) is 10.2 Å². The number of sulfonamides is 1. The van der Waals surface area contributed by atoms with E-state index in [0.717, 1.165) is 9.87 Å². The lowest BCUT2D eigenvalue weighted by atomic mass is 10.1. The van der Waals surface area contributed by atoms with Gasteiger partial charge < -0.3 is 10.2 Å². The van der Waals surface area contributed by atoms with Gasteiger partial charge in [0.05, 0.1) is 10.6 Å². The number of amides is 2. The minimum Gasteiger partial charge on any atom is -0.354 e. The number of hydrogen-bond acceptors (Lipinski definition) is 4. The summed E-state index contributed by atoms with van der Waals surface area (Å²) in [6, 6.07) is 14.5. The summed E-state index contributed by atoms with van der Waals surface area (Å²) in [6.07, 6.45) is 0.272. The number of benzene rings is 3. The Bertz CT molecular complexity index is 1510. The lowest BCUT2D eigenvalue weighted by Gasteiger charge is -2.33. The summed E-state index contributed by atoms with van der Waals surface area (Å²) in [6.45, 7) is 7.25. The molecule has 12 heteroatoms. The highest BCUT2D eigenvalue weighted by Gasteiger charge is 2.34. The second-order valence-corrected chi connectivity index (χ2v) is 13.9. The number of hydrogen-bond donors (Lipinski definition) is 1. The van der Waals surface area contributed by atoms with Crippen LogP contribution in [0.25, 0.3) is 0 Å².